The minimum absolute atomic E-state index is 0.0213. The first-order valence-corrected chi connectivity index (χ1v) is 12.5. The first-order valence-electron chi connectivity index (χ1n) is 12.5. The highest BCUT2D eigenvalue weighted by atomic mass is 16.5. The molecular weight excluding hydrogens is 488 g/mol. The highest BCUT2D eigenvalue weighted by molar-refractivity contribution is 6.46. The minimum atomic E-state index is -0.840. The van der Waals surface area contributed by atoms with Crippen LogP contribution in [0.5, 0.6) is 0 Å². The molecule has 1 atom stereocenters. The molecule has 1 amide bonds. The van der Waals surface area contributed by atoms with Crippen molar-refractivity contribution in [2.24, 2.45) is 0 Å². The number of aliphatic hydroxyl groups excluding tert-OH is 1. The zero-order valence-electron chi connectivity index (χ0n) is 21.6. The SMILES string of the molecule is COC(=O)c1ccc(C2C(=C(O)c3nc4c(C)cccn4c3C)C(=O)C(=O)N2CCN2CCOCC2)cc1. The van der Waals surface area contributed by atoms with E-state index in [1.165, 1.54) is 12.0 Å². The Hall–Kier alpha value is -4.02. The molecule has 1 aromatic carbocycles. The third-order valence-corrected chi connectivity index (χ3v) is 7.26. The van der Waals surface area contributed by atoms with Crippen molar-refractivity contribution in [3.63, 3.8) is 0 Å². The fraction of sp³-hybridized carbons (Fsp3) is 0.357. The van der Waals surface area contributed by atoms with Crippen molar-refractivity contribution < 1.29 is 29.0 Å². The van der Waals surface area contributed by atoms with Crippen molar-refractivity contribution in [2.45, 2.75) is 19.9 Å². The summed E-state index contributed by atoms with van der Waals surface area (Å²) in [6.45, 7) is 7.27. The summed E-state index contributed by atoms with van der Waals surface area (Å²) in [4.78, 5) is 47.0. The number of carbonyl (C=O) groups excluding carboxylic acids is 3. The summed E-state index contributed by atoms with van der Waals surface area (Å²) in [6, 6.07) is 9.49. The molecule has 0 radical (unpaired) electrons. The topological polar surface area (TPSA) is 114 Å². The van der Waals surface area contributed by atoms with Crippen LogP contribution >= 0.6 is 0 Å². The number of carbonyl (C=O) groups is 3. The smallest absolute Gasteiger partial charge is 0.337 e. The summed E-state index contributed by atoms with van der Waals surface area (Å²) >= 11 is 0. The van der Waals surface area contributed by atoms with E-state index >= 15 is 0 Å². The number of hydrogen-bond acceptors (Lipinski definition) is 8. The van der Waals surface area contributed by atoms with Crippen molar-refractivity contribution in [1.29, 1.82) is 0 Å². The normalized spacial score (nSPS) is 19.9. The van der Waals surface area contributed by atoms with E-state index in [4.69, 9.17) is 9.47 Å². The lowest BCUT2D eigenvalue weighted by Gasteiger charge is -2.31. The number of pyridine rings is 1. The molecule has 38 heavy (non-hydrogen) atoms. The number of imidazole rings is 1. The number of Topliss-reactive ketones (excluding diaryl/α,β-unsaturated/α-hetero) is 1. The second-order valence-corrected chi connectivity index (χ2v) is 9.49. The maximum atomic E-state index is 13.4. The van der Waals surface area contributed by atoms with Gasteiger partial charge < -0.3 is 23.9 Å². The summed E-state index contributed by atoms with van der Waals surface area (Å²) in [7, 11) is 1.30. The van der Waals surface area contributed by atoms with Crippen LogP contribution in [-0.2, 0) is 19.1 Å². The van der Waals surface area contributed by atoms with Gasteiger partial charge in [-0.05, 0) is 43.2 Å². The Kier molecular flexibility index (Phi) is 7.00. The maximum Gasteiger partial charge on any atom is 0.337 e. The Bertz CT molecular complexity index is 1440. The molecule has 10 heteroatoms. The first kappa shape index (κ1) is 25.6. The van der Waals surface area contributed by atoms with E-state index in [0.29, 0.717) is 42.2 Å². The molecule has 5 rings (SSSR count). The van der Waals surface area contributed by atoms with E-state index in [1.807, 2.05) is 36.6 Å². The second-order valence-electron chi connectivity index (χ2n) is 9.49. The number of esters is 1. The molecule has 198 valence electrons. The number of ether oxygens (including phenoxy) is 2. The number of rotatable bonds is 6. The van der Waals surface area contributed by atoms with Gasteiger partial charge in [-0.2, -0.15) is 0 Å². The molecule has 2 aliphatic heterocycles. The average Bonchev–Trinajstić information content (AvgIpc) is 3.41. The number of hydrogen-bond donors (Lipinski definition) is 1. The molecular formula is C28H30N4O6. The Morgan fingerprint density at radius 2 is 1.82 bits per heavy atom. The van der Waals surface area contributed by atoms with Crippen LogP contribution in [-0.4, -0.2) is 88.5 Å². The molecule has 0 bridgehead atoms. The lowest BCUT2D eigenvalue weighted by atomic mass is 9.95. The van der Waals surface area contributed by atoms with Crippen molar-refractivity contribution >= 4 is 29.1 Å². The molecule has 1 N–H and O–H groups in total. The number of aliphatic hydroxyl groups is 1. The molecule has 1 unspecified atom stereocenters. The van der Waals surface area contributed by atoms with Gasteiger partial charge in [-0.25, -0.2) is 9.78 Å². The molecule has 2 aromatic heterocycles. The number of aryl methyl sites for hydroxylation is 2. The monoisotopic (exact) mass is 518 g/mol. The van der Waals surface area contributed by atoms with Gasteiger partial charge >= 0.3 is 5.97 Å². The first-order chi connectivity index (χ1) is 18.3. The molecule has 2 fully saturated rings. The molecule has 4 heterocycles. The van der Waals surface area contributed by atoms with Crippen LogP contribution < -0.4 is 0 Å². The maximum absolute atomic E-state index is 13.4. The third kappa shape index (κ3) is 4.46. The molecule has 0 aliphatic carbocycles. The largest absolute Gasteiger partial charge is 0.505 e. The molecule has 2 aliphatic rings. The highest BCUT2D eigenvalue weighted by Gasteiger charge is 2.46. The van der Waals surface area contributed by atoms with Crippen molar-refractivity contribution in [3.8, 4) is 0 Å². The quantitative estimate of drug-likeness (QED) is 0.229. The molecule has 3 aromatic rings. The number of likely N-dealkylation sites (tertiary alicyclic amines) is 1. The summed E-state index contributed by atoms with van der Waals surface area (Å²) in [6.07, 6.45) is 1.84. The van der Waals surface area contributed by atoms with Gasteiger partial charge in [0.1, 0.15) is 11.3 Å². The van der Waals surface area contributed by atoms with Crippen molar-refractivity contribution in [3.05, 3.63) is 76.2 Å². The summed E-state index contributed by atoms with van der Waals surface area (Å²) in [5.41, 5.74) is 3.39. The number of morpholine rings is 1. The number of nitrogens with zero attached hydrogens (tertiary/aromatic N) is 4. The van der Waals surface area contributed by atoms with Gasteiger partial charge in [0.25, 0.3) is 11.7 Å². The van der Waals surface area contributed by atoms with Gasteiger partial charge in [-0.15, -0.1) is 0 Å². The van der Waals surface area contributed by atoms with E-state index in [0.717, 1.165) is 18.7 Å². The predicted octanol–water partition coefficient (Wildman–Crippen LogP) is 2.49. The Morgan fingerprint density at radius 3 is 2.47 bits per heavy atom. The van der Waals surface area contributed by atoms with Crippen LogP contribution in [0.1, 0.15) is 38.9 Å². The Morgan fingerprint density at radius 1 is 1.11 bits per heavy atom. The van der Waals surface area contributed by atoms with Crippen molar-refractivity contribution in [1.82, 2.24) is 19.2 Å². The number of aromatic nitrogens is 2. The lowest BCUT2D eigenvalue weighted by Crippen LogP contribution is -2.42. The molecule has 0 spiro atoms. The average molecular weight is 519 g/mol. The second kappa shape index (κ2) is 10.4. The van der Waals surface area contributed by atoms with E-state index in [-0.39, 0.29) is 23.6 Å². The van der Waals surface area contributed by atoms with E-state index < -0.39 is 23.7 Å². The fourth-order valence-corrected chi connectivity index (χ4v) is 5.12. The summed E-state index contributed by atoms with van der Waals surface area (Å²) < 4.78 is 12.1. The molecule has 10 nitrogen and oxygen atoms in total. The number of benzene rings is 1. The van der Waals surface area contributed by atoms with Crippen molar-refractivity contribution in [2.75, 3.05) is 46.5 Å². The number of ketones is 1. The predicted molar refractivity (Wildman–Crippen MR) is 139 cm³/mol. The fourth-order valence-electron chi connectivity index (χ4n) is 5.12. The molecule has 0 saturated carbocycles. The summed E-state index contributed by atoms with van der Waals surface area (Å²) in [5, 5.41) is 11.5. The van der Waals surface area contributed by atoms with Crippen LogP contribution in [0.2, 0.25) is 0 Å². The van der Waals surface area contributed by atoms with Crippen LogP contribution in [0.4, 0.5) is 0 Å². The standard InChI is InChI=1S/C28H30N4O6/c1-17-5-4-10-31-18(2)22(29-26(17)31)24(33)21-23(19-6-8-20(9-7-19)28(36)37-3)32(27(35)25(21)34)12-11-30-13-15-38-16-14-30/h4-10,23,33H,11-16H2,1-3H3. The van der Waals surface area contributed by atoms with Gasteiger partial charge in [0.15, 0.2) is 5.76 Å². The van der Waals surface area contributed by atoms with E-state index in [9.17, 15) is 19.5 Å². The number of methoxy groups -OCH3 is 1. The summed E-state index contributed by atoms with van der Waals surface area (Å²) in [5.74, 6) is -2.26. The number of fused-ring (bicyclic) bond motifs is 1. The lowest BCUT2D eigenvalue weighted by molar-refractivity contribution is -0.140. The van der Waals surface area contributed by atoms with Gasteiger partial charge in [0.05, 0.1) is 43.2 Å². The van der Waals surface area contributed by atoms with E-state index in [2.05, 4.69) is 9.88 Å². The van der Waals surface area contributed by atoms with E-state index in [1.54, 1.807) is 24.3 Å². The Labute approximate surface area is 220 Å². The van der Waals surface area contributed by atoms with Gasteiger partial charge in [-0.1, -0.05) is 18.2 Å². The van der Waals surface area contributed by atoms with Crippen LogP contribution in [0.25, 0.3) is 11.4 Å². The molecule has 2 saturated heterocycles. The zero-order valence-corrected chi connectivity index (χ0v) is 21.6. The van der Waals surface area contributed by atoms with Crippen LogP contribution in [0.15, 0.2) is 48.2 Å². The third-order valence-electron chi connectivity index (χ3n) is 7.26. The van der Waals surface area contributed by atoms with Gasteiger partial charge in [0.2, 0.25) is 0 Å². The van der Waals surface area contributed by atoms with Gasteiger partial charge in [-0.3, -0.25) is 14.5 Å². The van der Waals surface area contributed by atoms with Crippen LogP contribution in [0.3, 0.4) is 0 Å². The number of amides is 1. The zero-order chi connectivity index (χ0) is 27.0. The van der Waals surface area contributed by atoms with Crippen LogP contribution in [0, 0.1) is 13.8 Å². The minimum Gasteiger partial charge on any atom is -0.505 e. The highest BCUT2D eigenvalue weighted by Crippen LogP contribution is 2.40. The van der Waals surface area contributed by atoms with Gasteiger partial charge in [0, 0.05) is 32.4 Å². The Balaban J connectivity index is 1.60.